The number of hydrogen-bond acceptors (Lipinski definition) is 3. The molecule has 72 valence electrons. The highest BCUT2D eigenvalue weighted by Crippen LogP contribution is 2.10. The number of carbonyl (C=O) groups is 1. The predicted molar refractivity (Wildman–Crippen MR) is 48.9 cm³/mol. The van der Waals surface area contributed by atoms with Crippen molar-refractivity contribution in [3.8, 4) is 0 Å². The molecule has 12 heavy (non-hydrogen) atoms. The van der Waals surface area contributed by atoms with E-state index in [-0.39, 0.29) is 17.4 Å². The maximum absolute atomic E-state index is 10.9. The zero-order valence-electron chi connectivity index (χ0n) is 8.60. The van der Waals surface area contributed by atoms with Crippen molar-refractivity contribution in [2.45, 2.75) is 33.7 Å². The lowest BCUT2D eigenvalue weighted by Gasteiger charge is -2.21. The molecule has 0 saturated carbocycles. The van der Waals surface area contributed by atoms with Crippen molar-refractivity contribution in [2.75, 3.05) is 13.7 Å². The summed E-state index contributed by atoms with van der Waals surface area (Å²) in [6, 6.07) is -0.214. The molecule has 0 aromatic rings. The van der Waals surface area contributed by atoms with Gasteiger partial charge in [-0.2, -0.15) is 0 Å². The molecule has 3 nitrogen and oxygen atoms in total. The van der Waals surface area contributed by atoms with Gasteiger partial charge in [0.15, 0.2) is 0 Å². The van der Waals surface area contributed by atoms with E-state index < -0.39 is 0 Å². The van der Waals surface area contributed by atoms with Crippen LogP contribution in [-0.4, -0.2) is 25.7 Å². The molecule has 0 unspecified atom stereocenters. The van der Waals surface area contributed by atoms with Gasteiger partial charge in [-0.3, -0.25) is 4.79 Å². The minimum absolute atomic E-state index is 0.197. The van der Waals surface area contributed by atoms with Crippen LogP contribution in [-0.2, 0) is 9.53 Å². The molecular weight excluding hydrogens is 154 g/mol. The van der Waals surface area contributed by atoms with Gasteiger partial charge in [-0.25, -0.2) is 0 Å². The highest BCUT2D eigenvalue weighted by atomic mass is 16.5. The van der Waals surface area contributed by atoms with Gasteiger partial charge in [-0.15, -0.1) is 0 Å². The first kappa shape index (κ1) is 11.4. The Bertz CT molecular complexity index is 149. The minimum Gasteiger partial charge on any atom is -0.468 e. The van der Waals surface area contributed by atoms with E-state index in [2.05, 4.69) is 30.8 Å². The van der Waals surface area contributed by atoms with Crippen molar-refractivity contribution >= 4 is 5.97 Å². The summed E-state index contributed by atoms with van der Waals surface area (Å²) in [5, 5.41) is 3.10. The standard InChI is InChI=1S/C9H19NO2/c1-7(8(11)12-5)10-6-9(2,3)4/h7,10H,6H2,1-5H3/t7-/m0/s1. The maximum Gasteiger partial charge on any atom is 0.322 e. The van der Waals surface area contributed by atoms with Crippen LogP contribution in [0.5, 0.6) is 0 Å². The van der Waals surface area contributed by atoms with E-state index in [1.807, 2.05) is 0 Å². The zero-order valence-corrected chi connectivity index (χ0v) is 8.60. The second-order valence-electron chi connectivity index (χ2n) is 4.19. The Kier molecular flexibility index (Phi) is 4.24. The molecule has 0 aliphatic carbocycles. The van der Waals surface area contributed by atoms with Gasteiger partial charge < -0.3 is 10.1 Å². The van der Waals surface area contributed by atoms with E-state index in [1.165, 1.54) is 7.11 Å². The number of rotatable bonds is 3. The number of nitrogens with one attached hydrogen (secondary N) is 1. The minimum atomic E-state index is -0.214. The fraction of sp³-hybridized carbons (Fsp3) is 0.889. The van der Waals surface area contributed by atoms with Crippen LogP contribution in [0.25, 0.3) is 0 Å². The maximum atomic E-state index is 10.9. The van der Waals surface area contributed by atoms with Gasteiger partial charge in [0.2, 0.25) is 0 Å². The quantitative estimate of drug-likeness (QED) is 0.651. The molecule has 0 heterocycles. The Morgan fingerprint density at radius 2 is 2.00 bits per heavy atom. The third-order valence-electron chi connectivity index (χ3n) is 1.49. The highest BCUT2D eigenvalue weighted by molar-refractivity contribution is 5.75. The molecule has 0 spiro atoms. The summed E-state index contributed by atoms with van der Waals surface area (Å²) < 4.78 is 4.58. The van der Waals surface area contributed by atoms with Gasteiger partial charge in [-0.05, 0) is 12.3 Å². The molecular formula is C9H19NO2. The predicted octanol–water partition coefficient (Wildman–Crippen LogP) is 1.18. The Balaban J connectivity index is 3.72. The molecule has 0 aliphatic heterocycles. The Hall–Kier alpha value is -0.570. The normalized spacial score (nSPS) is 14.1. The van der Waals surface area contributed by atoms with Crippen LogP contribution in [0.3, 0.4) is 0 Å². The van der Waals surface area contributed by atoms with Gasteiger partial charge in [0.05, 0.1) is 7.11 Å². The molecule has 0 amide bonds. The average molecular weight is 173 g/mol. The number of methoxy groups -OCH3 is 1. The third-order valence-corrected chi connectivity index (χ3v) is 1.49. The monoisotopic (exact) mass is 173 g/mol. The number of carbonyl (C=O) groups excluding carboxylic acids is 1. The summed E-state index contributed by atoms with van der Waals surface area (Å²) in [7, 11) is 1.40. The Morgan fingerprint density at radius 1 is 1.50 bits per heavy atom. The summed E-state index contributed by atoms with van der Waals surface area (Å²) in [5.41, 5.74) is 0.197. The first-order valence-corrected chi connectivity index (χ1v) is 4.18. The Morgan fingerprint density at radius 3 is 2.33 bits per heavy atom. The van der Waals surface area contributed by atoms with Crippen molar-refractivity contribution in [3.63, 3.8) is 0 Å². The van der Waals surface area contributed by atoms with Gasteiger partial charge in [-0.1, -0.05) is 20.8 Å². The molecule has 0 bridgehead atoms. The van der Waals surface area contributed by atoms with Crippen molar-refractivity contribution in [1.29, 1.82) is 0 Å². The summed E-state index contributed by atoms with van der Waals surface area (Å²) in [6.45, 7) is 8.96. The van der Waals surface area contributed by atoms with E-state index in [1.54, 1.807) is 6.92 Å². The van der Waals surface area contributed by atoms with E-state index >= 15 is 0 Å². The first-order chi connectivity index (χ1) is 5.37. The van der Waals surface area contributed by atoms with Gasteiger partial charge in [0.1, 0.15) is 6.04 Å². The smallest absolute Gasteiger partial charge is 0.322 e. The van der Waals surface area contributed by atoms with Crippen LogP contribution in [0.1, 0.15) is 27.7 Å². The molecule has 1 N–H and O–H groups in total. The Labute approximate surface area is 74.5 Å². The van der Waals surface area contributed by atoms with Crippen molar-refractivity contribution in [3.05, 3.63) is 0 Å². The van der Waals surface area contributed by atoms with Crippen LogP contribution >= 0.6 is 0 Å². The van der Waals surface area contributed by atoms with Crippen LogP contribution in [0.4, 0.5) is 0 Å². The van der Waals surface area contributed by atoms with E-state index in [0.29, 0.717) is 0 Å². The van der Waals surface area contributed by atoms with E-state index in [9.17, 15) is 4.79 Å². The summed E-state index contributed by atoms with van der Waals surface area (Å²) in [5.74, 6) is -0.209. The molecule has 1 atom stereocenters. The molecule has 0 aliphatic rings. The van der Waals surface area contributed by atoms with Gasteiger partial charge >= 0.3 is 5.97 Å². The van der Waals surface area contributed by atoms with Gasteiger partial charge in [0, 0.05) is 6.54 Å². The highest BCUT2D eigenvalue weighted by Gasteiger charge is 2.16. The lowest BCUT2D eigenvalue weighted by Crippen LogP contribution is -2.39. The lowest BCUT2D eigenvalue weighted by molar-refractivity contribution is -0.142. The average Bonchev–Trinajstić information content (AvgIpc) is 1.97. The molecule has 0 rings (SSSR count). The number of hydrogen-bond donors (Lipinski definition) is 1. The topological polar surface area (TPSA) is 38.3 Å². The third kappa shape index (κ3) is 5.13. The lowest BCUT2D eigenvalue weighted by atomic mass is 9.97. The van der Waals surface area contributed by atoms with Crippen LogP contribution in [0.2, 0.25) is 0 Å². The van der Waals surface area contributed by atoms with Crippen molar-refractivity contribution in [2.24, 2.45) is 5.41 Å². The second-order valence-corrected chi connectivity index (χ2v) is 4.19. The largest absolute Gasteiger partial charge is 0.468 e. The zero-order chi connectivity index (χ0) is 9.78. The number of esters is 1. The van der Waals surface area contributed by atoms with Crippen LogP contribution < -0.4 is 5.32 Å². The summed E-state index contributed by atoms with van der Waals surface area (Å²) in [4.78, 5) is 10.9. The molecule has 0 aromatic carbocycles. The molecule has 0 radical (unpaired) electrons. The fourth-order valence-electron chi connectivity index (χ4n) is 0.719. The van der Waals surface area contributed by atoms with Crippen molar-refractivity contribution in [1.82, 2.24) is 5.32 Å². The van der Waals surface area contributed by atoms with Crippen LogP contribution in [0.15, 0.2) is 0 Å². The van der Waals surface area contributed by atoms with E-state index in [0.717, 1.165) is 6.54 Å². The number of ether oxygens (including phenoxy) is 1. The molecule has 0 saturated heterocycles. The van der Waals surface area contributed by atoms with Crippen molar-refractivity contribution < 1.29 is 9.53 Å². The van der Waals surface area contributed by atoms with E-state index in [4.69, 9.17) is 0 Å². The van der Waals surface area contributed by atoms with Crippen LogP contribution in [0, 0.1) is 5.41 Å². The SMILES string of the molecule is COC(=O)[C@H](C)NCC(C)(C)C. The summed E-state index contributed by atoms with van der Waals surface area (Å²) >= 11 is 0. The first-order valence-electron chi connectivity index (χ1n) is 4.18. The molecule has 0 aromatic heterocycles. The fourth-order valence-corrected chi connectivity index (χ4v) is 0.719. The molecule has 0 fully saturated rings. The van der Waals surface area contributed by atoms with Gasteiger partial charge in [0.25, 0.3) is 0 Å². The second kappa shape index (κ2) is 4.45. The molecule has 3 heteroatoms. The summed E-state index contributed by atoms with van der Waals surface area (Å²) in [6.07, 6.45) is 0.